The molecule has 3 heterocycles. The van der Waals surface area contributed by atoms with E-state index in [1.54, 1.807) is 6.20 Å². The number of aryl methyl sites for hydroxylation is 2. The molecule has 34 heavy (non-hydrogen) atoms. The fourth-order valence-electron chi connectivity index (χ4n) is 3.71. The van der Waals surface area contributed by atoms with Gasteiger partial charge in [-0.2, -0.15) is 5.11 Å². The topological polar surface area (TPSA) is 84.1 Å². The molecule has 1 aliphatic rings. The van der Waals surface area contributed by atoms with Gasteiger partial charge in [0.15, 0.2) is 0 Å². The quantitative estimate of drug-likeness (QED) is 0.323. The van der Waals surface area contributed by atoms with E-state index in [1.807, 2.05) is 73.7 Å². The molecule has 7 nitrogen and oxygen atoms in total. The number of hydrogen-bond acceptors (Lipinski definition) is 7. The van der Waals surface area contributed by atoms with Crippen molar-refractivity contribution in [3.05, 3.63) is 96.3 Å². The van der Waals surface area contributed by atoms with Gasteiger partial charge < -0.3 is 10.1 Å². The summed E-state index contributed by atoms with van der Waals surface area (Å²) in [5.74, 6) is 2.11. The summed E-state index contributed by atoms with van der Waals surface area (Å²) in [7, 11) is 0. The summed E-state index contributed by atoms with van der Waals surface area (Å²) in [6.07, 6.45) is 3.48. The van der Waals surface area contributed by atoms with Gasteiger partial charge in [0.1, 0.15) is 23.9 Å². The van der Waals surface area contributed by atoms with Crippen molar-refractivity contribution in [2.75, 3.05) is 11.9 Å². The van der Waals surface area contributed by atoms with Crippen molar-refractivity contribution in [3.63, 3.8) is 0 Å². The highest BCUT2D eigenvalue weighted by atomic mass is 16.5. The predicted molar refractivity (Wildman–Crippen MR) is 134 cm³/mol. The second-order valence-electron chi connectivity index (χ2n) is 8.01. The van der Waals surface area contributed by atoms with Crippen LogP contribution in [0.4, 0.5) is 11.5 Å². The van der Waals surface area contributed by atoms with Gasteiger partial charge >= 0.3 is 0 Å². The minimum Gasteiger partial charge on any atom is -0.455 e. The Labute approximate surface area is 198 Å². The molecule has 4 aromatic rings. The van der Waals surface area contributed by atoms with Crippen LogP contribution in [0.2, 0.25) is 0 Å². The Morgan fingerprint density at radius 1 is 0.912 bits per heavy atom. The van der Waals surface area contributed by atoms with Crippen LogP contribution in [0, 0.1) is 6.92 Å². The van der Waals surface area contributed by atoms with Gasteiger partial charge in [0.05, 0.1) is 17.1 Å². The Kier molecular flexibility index (Phi) is 6.34. The van der Waals surface area contributed by atoms with E-state index < -0.39 is 0 Å². The summed E-state index contributed by atoms with van der Waals surface area (Å²) < 4.78 is 6.12. The molecule has 5 rings (SSSR count). The third-order valence-corrected chi connectivity index (χ3v) is 5.47. The van der Waals surface area contributed by atoms with E-state index in [-0.39, 0.29) is 0 Å². The zero-order chi connectivity index (χ0) is 23.2. The van der Waals surface area contributed by atoms with Crippen LogP contribution in [0.3, 0.4) is 0 Å². The Balaban J connectivity index is 1.26. The Hall–Kier alpha value is -4.39. The summed E-state index contributed by atoms with van der Waals surface area (Å²) in [6.45, 7) is 2.56. The molecule has 1 aliphatic heterocycles. The van der Waals surface area contributed by atoms with Crippen LogP contribution in [-0.4, -0.2) is 22.2 Å². The fourth-order valence-corrected chi connectivity index (χ4v) is 3.71. The third-order valence-electron chi connectivity index (χ3n) is 5.47. The van der Waals surface area contributed by atoms with Gasteiger partial charge in [0, 0.05) is 23.5 Å². The van der Waals surface area contributed by atoms with E-state index in [1.165, 1.54) is 5.56 Å². The smallest absolute Gasteiger partial charge is 0.148 e. The normalized spacial score (nSPS) is 12.4. The molecule has 0 atom stereocenters. The maximum absolute atomic E-state index is 6.12. The highest BCUT2D eigenvalue weighted by Crippen LogP contribution is 2.28. The predicted octanol–water partition coefficient (Wildman–Crippen LogP) is 6.74. The molecule has 0 fully saturated rings. The lowest BCUT2D eigenvalue weighted by molar-refractivity contribution is 0.475. The molecule has 2 aromatic heterocycles. The van der Waals surface area contributed by atoms with Crippen molar-refractivity contribution in [3.8, 4) is 22.8 Å². The van der Waals surface area contributed by atoms with E-state index in [4.69, 9.17) is 9.72 Å². The molecular formula is C27H24N6O. The van der Waals surface area contributed by atoms with Crippen molar-refractivity contribution in [2.45, 2.75) is 19.8 Å². The second kappa shape index (κ2) is 10.0. The standard InChI is InChI=1S/C27H24N6O/c1-19-26(13-12-25(30-19)21-7-3-2-4-8-21)34-24-14-15-28-27(17-24)31-22-9-5-6-20(16-22)10-11-23-18-29-33-32-23/h2-9,12-17H,10-11,18H2,1H3,(H,28,31). The molecule has 1 N–H and O–H groups in total. The van der Waals surface area contributed by atoms with Crippen LogP contribution in [0.1, 0.15) is 17.7 Å². The first-order chi connectivity index (χ1) is 16.7. The van der Waals surface area contributed by atoms with Gasteiger partial charge in [-0.25, -0.2) is 9.97 Å². The molecule has 0 saturated heterocycles. The van der Waals surface area contributed by atoms with Crippen molar-refractivity contribution in [2.24, 2.45) is 15.4 Å². The number of hydrogen-bond donors (Lipinski definition) is 1. The molecule has 0 spiro atoms. The summed E-state index contributed by atoms with van der Waals surface area (Å²) in [5.41, 5.74) is 6.03. The molecule has 0 saturated carbocycles. The molecular weight excluding hydrogens is 424 g/mol. The summed E-state index contributed by atoms with van der Waals surface area (Å²) in [5, 5.41) is 15.0. The summed E-state index contributed by atoms with van der Waals surface area (Å²) >= 11 is 0. The maximum atomic E-state index is 6.12. The second-order valence-corrected chi connectivity index (χ2v) is 8.01. The molecule has 0 radical (unpaired) electrons. The number of ether oxygens (including phenoxy) is 1. The first-order valence-electron chi connectivity index (χ1n) is 11.2. The van der Waals surface area contributed by atoms with Crippen LogP contribution < -0.4 is 10.1 Å². The largest absolute Gasteiger partial charge is 0.455 e. The Bertz CT molecular complexity index is 1350. The van der Waals surface area contributed by atoms with Gasteiger partial charge in [-0.05, 0) is 60.9 Å². The van der Waals surface area contributed by atoms with Gasteiger partial charge in [-0.15, -0.1) is 5.10 Å². The van der Waals surface area contributed by atoms with Crippen molar-refractivity contribution in [1.29, 1.82) is 0 Å². The maximum Gasteiger partial charge on any atom is 0.148 e. The van der Waals surface area contributed by atoms with E-state index in [0.29, 0.717) is 23.9 Å². The van der Waals surface area contributed by atoms with Crippen LogP contribution >= 0.6 is 0 Å². The highest BCUT2D eigenvalue weighted by Gasteiger charge is 2.08. The SMILES string of the molecule is Cc1nc(-c2ccccc2)ccc1Oc1ccnc(Nc2cccc(CCC3=NN=NC3)c2)c1. The number of benzene rings is 2. The average Bonchev–Trinajstić information content (AvgIpc) is 3.39. The van der Waals surface area contributed by atoms with Gasteiger partial charge in [-0.1, -0.05) is 42.5 Å². The average molecular weight is 449 g/mol. The zero-order valence-electron chi connectivity index (χ0n) is 18.8. The van der Waals surface area contributed by atoms with Crippen molar-refractivity contribution < 1.29 is 4.74 Å². The lowest BCUT2D eigenvalue weighted by atomic mass is 10.1. The van der Waals surface area contributed by atoms with Gasteiger partial charge in [0.2, 0.25) is 0 Å². The van der Waals surface area contributed by atoms with E-state index in [2.05, 4.69) is 37.9 Å². The van der Waals surface area contributed by atoms with E-state index >= 15 is 0 Å². The molecule has 7 heteroatoms. The molecule has 168 valence electrons. The van der Waals surface area contributed by atoms with Crippen LogP contribution in [0.25, 0.3) is 11.3 Å². The van der Waals surface area contributed by atoms with Crippen molar-refractivity contribution in [1.82, 2.24) is 9.97 Å². The van der Waals surface area contributed by atoms with Crippen LogP contribution in [0.5, 0.6) is 11.5 Å². The first kappa shape index (κ1) is 21.5. The first-order valence-corrected chi connectivity index (χ1v) is 11.2. The molecule has 0 amide bonds. The number of rotatable bonds is 8. The molecule has 0 unspecified atom stereocenters. The minimum absolute atomic E-state index is 0.610. The lowest BCUT2D eigenvalue weighted by Crippen LogP contribution is -2.01. The number of aromatic nitrogens is 2. The van der Waals surface area contributed by atoms with Crippen LogP contribution in [0.15, 0.2) is 100 Å². The fraction of sp³-hybridized carbons (Fsp3) is 0.148. The van der Waals surface area contributed by atoms with Crippen molar-refractivity contribution >= 4 is 17.2 Å². The molecule has 0 bridgehead atoms. The lowest BCUT2D eigenvalue weighted by Gasteiger charge is -2.12. The van der Waals surface area contributed by atoms with E-state index in [0.717, 1.165) is 41.2 Å². The van der Waals surface area contributed by atoms with Gasteiger partial charge in [-0.3, -0.25) is 0 Å². The number of nitrogens with one attached hydrogen (secondary N) is 1. The Morgan fingerprint density at radius 3 is 2.65 bits per heavy atom. The van der Waals surface area contributed by atoms with Crippen LogP contribution in [-0.2, 0) is 6.42 Å². The molecule has 2 aromatic carbocycles. The minimum atomic E-state index is 0.610. The number of anilines is 2. The van der Waals surface area contributed by atoms with E-state index in [9.17, 15) is 0 Å². The highest BCUT2D eigenvalue weighted by molar-refractivity contribution is 5.87. The summed E-state index contributed by atoms with van der Waals surface area (Å²) in [6, 6.07) is 26.0. The third kappa shape index (κ3) is 5.32. The molecule has 0 aliphatic carbocycles. The number of pyridine rings is 2. The Morgan fingerprint density at radius 2 is 1.82 bits per heavy atom. The summed E-state index contributed by atoms with van der Waals surface area (Å²) in [4.78, 5) is 9.15. The monoisotopic (exact) mass is 448 g/mol. The zero-order valence-corrected chi connectivity index (χ0v) is 18.8. The number of nitrogens with zero attached hydrogens (tertiary/aromatic N) is 5. The van der Waals surface area contributed by atoms with Gasteiger partial charge in [0.25, 0.3) is 0 Å².